The summed E-state index contributed by atoms with van der Waals surface area (Å²) in [6.45, 7) is 11.6. The molecule has 2 aromatic rings. The summed E-state index contributed by atoms with van der Waals surface area (Å²) in [6.07, 6.45) is 2.18. The first-order valence-corrected chi connectivity index (χ1v) is 15.4. The molecule has 0 radical (unpaired) electrons. The Balaban J connectivity index is 1.27. The van der Waals surface area contributed by atoms with Crippen molar-refractivity contribution in [1.29, 1.82) is 0 Å². The predicted octanol–water partition coefficient (Wildman–Crippen LogP) is 2.62. The lowest BCUT2D eigenvalue weighted by molar-refractivity contribution is -0.906. The molecule has 1 aliphatic heterocycles. The highest BCUT2D eigenvalue weighted by Crippen LogP contribution is 2.57. The Morgan fingerprint density at radius 1 is 1.30 bits per heavy atom. The van der Waals surface area contributed by atoms with E-state index in [1.54, 1.807) is 25.6 Å². The molecule has 10 heteroatoms. The van der Waals surface area contributed by atoms with Crippen LogP contribution in [0.15, 0.2) is 18.2 Å². The van der Waals surface area contributed by atoms with Crippen LogP contribution in [0.2, 0.25) is 0 Å². The number of thiazole rings is 1. The molecule has 4 N–H and O–H groups in total. The van der Waals surface area contributed by atoms with Crippen LogP contribution in [0.25, 0.3) is 0 Å². The molecule has 0 spiro atoms. The molecule has 220 valence electrons. The zero-order valence-electron chi connectivity index (χ0n) is 24.4. The summed E-state index contributed by atoms with van der Waals surface area (Å²) < 4.78 is 16.4. The Hall–Kier alpha value is -2.40. The first-order chi connectivity index (χ1) is 19.2. The van der Waals surface area contributed by atoms with E-state index >= 15 is 0 Å². The number of methoxy groups -OCH3 is 2. The van der Waals surface area contributed by atoms with Gasteiger partial charge >= 0.3 is 0 Å². The second-order valence-corrected chi connectivity index (χ2v) is 13.1. The van der Waals surface area contributed by atoms with Gasteiger partial charge in [-0.25, -0.2) is 4.98 Å². The average molecular weight is 574 g/mol. The van der Waals surface area contributed by atoms with Crippen molar-refractivity contribution in [2.45, 2.75) is 52.1 Å². The van der Waals surface area contributed by atoms with Crippen LogP contribution in [-0.2, 0) is 16.0 Å². The Kier molecular flexibility index (Phi) is 8.89. The smallest absolute Gasteiger partial charge is 0.223 e. The standard InChI is InChI=1S/C30H44N4O5S/c1-18(28(36)31-10-11-34-12-14-39-15-13-34)21-8-9-30(3)17-24-26(19(2)25(30)27(21)35)33-29(40-24)32-22-16-20(37-4)6-7-23(22)38-5/h6-7,16,18-19,21,25,27,35H,8-15,17H2,1-5H3,(H,31,36)(H,32,33)/p+1/t18-,19-,21-,25+,27-,30-/m0/s1. The molecule has 9 nitrogen and oxygen atoms in total. The number of benzene rings is 1. The van der Waals surface area contributed by atoms with Crippen molar-refractivity contribution in [1.82, 2.24) is 10.3 Å². The van der Waals surface area contributed by atoms with Crippen LogP contribution in [0.4, 0.5) is 10.8 Å². The zero-order chi connectivity index (χ0) is 28.4. The highest BCUT2D eigenvalue weighted by molar-refractivity contribution is 7.15. The minimum absolute atomic E-state index is 0.0321. The molecule has 1 saturated heterocycles. The number of nitrogens with zero attached hydrogens (tertiary/aromatic N) is 1. The number of hydrogen-bond acceptors (Lipinski definition) is 8. The third-order valence-corrected chi connectivity index (χ3v) is 10.6. The number of quaternary nitrogens is 1. The highest BCUT2D eigenvalue weighted by atomic mass is 32.1. The van der Waals surface area contributed by atoms with Crippen LogP contribution in [0.3, 0.4) is 0 Å². The van der Waals surface area contributed by atoms with Gasteiger partial charge < -0.3 is 34.9 Å². The first kappa shape index (κ1) is 29.1. The number of aromatic nitrogens is 1. The van der Waals surface area contributed by atoms with Gasteiger partial charge in [-0.05, 0) is 48.6 Å². The third-order valence-electron chi connectivity index (χ3n) is 9.60. The van der Waals surface area contributed by atoms with Gasteiger partial charge in [-0.15, -0.1) is 11.3 Å². The first-order valence-electron chi connectivity index (χ1n) is 14.6. The molecule has 1 saturated carbocycles. The van der Waals surface area contributed by atoms with E-state index in [4.69, 9.17) is 19.2 Å². The van der Waals surface area contributed by atoms with Gasteiger partial charge in [0.25, 0.3) is 0 Å². The van der Waals surface area contributed by atoms with E-state index in [-0.39, 0.29) is 35.0 Å². The van der Waals surface area contributed by atoms with E-state index in [9.17, 15) is 9.90 Å². The molecule has 1 aromatic carbocycles. The number of amides is 1. The lowest BCUT2D eigenvalue weighted by Gasteiger charge is -2.53. The molecule has 3 aliphatic rings. The minimum atomic E-state index is -0.552. The van der Waals surface area contributed by atoms with E-state index in [0.29, 0.717) is 6.54 Å². The van der Waals surface area contributed by atoms with E-state index in [2.05, 4.69) is 24.5 Å². The number of rotatable bonds is 9. The van der Waals surface area contributed by atoms with E-state index < -0.39 is 6.10 Å². The van der Waals surface area contributed by atoms with Crippen LogP contribution >= 0.6 is 11.3 Å². The largest absolute Gasteiger partial charge is 0.497 e. The number of nitrogens with one attached hydrogen (secondary N) is 3. The van der Waals surface area contributed by atoms with Gasteiger partial charge in [-0.2, -0.15) is 0 Å². The Labute approximate surface area is 241 Å². The van der Waals surface area contributed by atoms with Crippen molar-refractivity contribution in [3.8, 4) is 11.5 Å². The second-order valence-electron chi connectivity index (χ2n) is 12.0. The van der Waals surface area contributed by atoms with Gasteiger partial charge in [0.1, 0.15) is 24.6 Å². The number of ether oxygens (including phenoxy) is 3. The van der Waals surface area contributed by atoms with Crippen molar-refractivity contribution in [2.75, 3.05) is 58.9 Å². The van der Waals surface area contributed by atoms with Crippen molar-refractivity contribution >= 4 is 28.1 Å². The molecule has 0 bridgehead atoms. The van der Waals surface area contributed by atoms with E-state index in [0.717, 1.165) is 80.1 Å². The maximum Gasteiger partial charge on any atom is 0.223 e. The maximum atomic E-state index is 13.1. The monoisotopic (exact) mass is 573 g/mol. The van der Waals surface area contributed by atoms with Crippen molar-refractivity contribution in [3.05, 3.63) is 28.8 Å². The Morgan fingerprint density at radius 3 is 2.80 bits per heavy atom. The highest BCUT2D eigenvalue weighted by Gasteiger charge is 2.53. The number of fused-ring (bicyclic) bond motifs is 2. The number of hydrogen-bond donors (Lipinski definition) is 4. The number of carbonyl (C=O) groups excluding carboxylic acids is 1. The molecular formula is C30H45N4O5S+. The SMILES string of the molecule is COc1ccc(OC)c(Nc2nc3c(s2)C[C@]2(C)CC[C@@H]([C@H](C)C(=O)NCC[NH+]4CCOCC4)[C@H](O)[C@H]2[C@@H]3C)c1. The Bertz CT molecular complexity index is 1180. The molecule has 6 atom stereocenters. The quantitative estimate of drug-likeness (QED) is 0.366. The van der Waals surface area contributed by atoms with E-state index in [1.807, 2.05) is 25.1 Å². The maximum absolute atomic E-state index is 13.1. The van der Waals surface area contributed by atoms with Crippen LogP contribution in [-0.4, -0.2) is 75.7 Å². The van der Waals surface area contributed by atoms with Crippen molar-refractivity contribution < 1.29 is 29.0 Å². The molecule has 1 amide bonds. The topological polar surface area (TPSA) is 106 Å². The molecule has 1 aromatic heterocycles. The van der Waals surface area contributed by atoms with Gasteiger partial charge in [0, 0.05) is 22.8 Å². The predicted molar refractivity (Wildman–Crippen MR) is 156 cm³/mol. The number of aliphatic hydroxyl groups excluding tert-OH is 1. The molecular weight excluding hydrogens is 528 g/mol. The molecule has 2 aliphatic carbocycles. The zero-order valence-corrected chi connectivity index (χ0v) is 25.2. The van der Waals surface area contributed by atoms with Crippen LogP contribution in [0, 0.1) is 23.2 Å². The molecule has 0 unspecified atom stereocenters. The summed E-state index contributed by atoms with van der Waals surface area (Å²) in [5.41, 5.74) is 1.83. The number of anilines is 2. The lowest BCUT2D eigenvalue weighted by atomic mass is 9.53. The fraction of sp³-hybridized carbons (Fsp3) is 0.667. The number of morpholine rings is 1. The summed E-state index contributed by atoms with van der Waals surface area (Å²) in [4.78, 5) is 20.9. The molecule has 5 rings (SSSR count). The number of aliphatic hydroxyl groups is 1. The van der Waals surface area contributed by atoms with Gasteiger partial charge in [-0.1, -0.05) is 20.8 Å². The minimum Gasteiger partial charge on any atom is -0.497 e. The summed E-state index contributed by atoms with van der Waals surface area (Å²) in [6, 6.07) is 5.66. The second kappa shape index (κ2) is 12.2. The molecule has 2 fully saturated rings. The molecule has 40 heavy (non-hydrogen) atoms. The average Bonchev–Trinajstić information content (AvgIpc) is 3.35. The fourth-order valence-corrected chi connectivity index (χ4v) is 8.53. The van der Waals surface area contributed by atoms with Gasteiger partial charge in [0.2, 0.25) is 5.91 Å². The Morgan fingerprint density at radius 2 is 2.08 bits per heavy atom. The van der Waals surface area contributed by atoms with Crippen LogP contribution in [0.5, 0.6) is 11.5 Å². The number of carbonyl (C=O) groups is 1. The van der Waals surface area contributed by atoms with Gasteiger partial charge in [-0.3, -0.25) is 4.79 Å². The summed E-state index contributed by atoms with van der Waals surface area (Å²) in [5, 5.41) is 19.2. The van der Waals surface area contributed by atoms with Gasteiger partial charge in [0.15, 0.2) is 5.13 Å². The summed E-state index contributed by atoms with van der Waals surface area (Å²) in [5.74, 6) is 1.36. The third kappa shape index (κ3) is 5.82. The summed E-state index contributed by atoms with van der Waals surface area (Å²) in [7, 11) is 3.30. The fourth-order valence-electron chi connectivity index (χ4n) is 7.25. The van der Waals surface area contributed by atoms with E-state index in [1.165, 1.54) is 9.78 Å². The van der Waals surface area contributed by atoms with Crippen molar-refractivity contribution in [3.63, 3.8) is 0 Å². The lowest BCUT2D eigenvalue weighted by Crippen LogP contribution is -3.14. The van der Waals surface area contributed by atoms with Gasteiger partial charge in [0.05, 0.1) is 58.0 Å². The van der Waals surface area contributed by atoms with Crippen LogP contribution in [0.1, 0.15) is 50.1 Å². The normalized spacial score (nSPS) is 29.1. The summed E-state index contributed by atoms with van der Waals surface area (Å²) >= 11 is 1.68. The van der Waals surface area contributed by atoms with Crippen molar-refractivity contribution in [2.24, 2.45) is 23.2 Å². The molecule has 2 heterocycles. The van der Waals surface area contributed by atoms with Crippen LogP contribution < -0.4 is 25.0 Å².